The summed E-state index contributed by atoms with van der Waals surface area (Å²) in [6.45, 7) is 1.90. The molecule has 19 heavy (non-hydrogen) atoms. The highest BCUT2D eigenvalue weighted by Crippen LogP contribution is 2.11. The summed E-state index contributed by atoms with van der Waals surface area (Å²) in [7, 11) is 0. The number of hydrogen-bond acceptors (Lipinski definition) is 3. The van der Waals surface area contributed by atoms with Crippen LogP contribution in [0.4, 0.5) is 0 Å². The second-order valence-corrected chi connectivity index (χ2v) is 4.02. The molecule has 1 heterocycles. The molecule has 0 fully saturated rings. The molecule has 0 atom stereocenters. The van der Waals surface area contributed by atoms with E-state index in [0.29, 0.717) is 5.75 Å². The highest BCUT2D eigenvalue weighted by Gasteiger charge is 2.01. The van der Waals surface area contributed by atoms with E-state index in [9.17, 15) is 4.79 Å². The van der Waals surface area contributed by atoms with Crippen molar-refractivity contribution in [3.8, 4) is 5.75 Å². The number of carbonyl (C=O) groups excluding carboxylic acids is 1. The lowest BCUT2D eigenvalue weighted by Crippen LogP contribution is -2.24. The molecule has 1 aromatic heterocycles. The number of aromatic nitrogens is 1. The largest absolute Gasteiger partial charge is 0.484 e. The van der Waals surface area contributed by atoms with Crippen molar-refractivity contribution in [3.05, 3.63) is 53.9 Å². The molecule has 5 nitrogen and oxygen atoms in total. The molecule has 2 aromatic rings. The van der Waals surface area contributed by atoms with Crippen LogP contribution in [0, 0.1) is 6.92 Å². The van der Waals surface area contributed by atoms with Gasteiger partial charge in [0.15, 0.2) is 6.61 Å². The quantitative estimate of drug-likeness (QED) is 0.634. The van der Waals surface area contributed by atoms with Crippen molar-refractivity contribution in [1.29, 1.82) is 0 Å². The summed E-state index contributed by atoms with van der Waals surface area (Å²) in [5.41, 5.74) is 4.30. The van der Waals surface area contributed by atoms with Gasteiger partial charge in [0.2, 0.25) is 0 Å². The smallest absolute Gasteiger partial charge is 0.277 e. The molecule has 0 aliphatic rings. The fraction of sp³-hybridized carbons (Fsp3) is 0.143. The molecule has 0 saturated carbocycles. The zero-order chi connectivity index (χ0) is 13.5. The van der Waals surface area contributed by atoms with Crippen LogP contribution in [0.25, 0.3) is 0 Å². The molecule has 98 valence electrons. The van der Waals surface area contributed by atoms with E-state index >= 15 is 0 Å². The van der Waals surface area contributed by atoms with Gasteiger partial charge < -0.3 is 9.72 Å². The van der Waals surface area contributed by atoms with E-state index in [4.69, 9.17) is 4.74 Å². The third kappa shape index (κ3) is 4.31. The SMILES string of the molecule is Cc1cccc(OCC(=O)N/N=C\c2ccc[nH]2)c1. The van der Waals surface area contributed by atoms with Crippen LogP contribution < -0.4 is 10.2 Å². The van der Waals surface area contributed by atoms with Crippen LogP contribution in [0.5, 0.6) is 5.75 Å². The predicted octanol–water partition coefficient (Wildman–Crippen LogP) is 1.85. The van der Waals surface area contributed by atoms with Gasteiger partial charge in [-0.15, -0.1) is 0 Å². The van der Waals surface area contributed by atoms with Crippen molar-refractivity contribution < 1.29 is 9.53 Å². The van der Waals surface area contributed by atoms with E-state index in [1.807, 2.05) is 43.3 Å². The van der Waals surface area contributed by atoms with E-state index in [1.165, 1.54) is 6.21 Å². The molecule has 2 rings (SSSR count). The molecular formula is C14H15N3O2. The van der Waals surface area contributed by atoms with Gasteiger partial charge in [0, 0.05) is 6.20 Å². The average Bonchev–Trinajstić information content (AvgIpc) is 2.90. The molecule has 0 bridgehead atoms. The van der Waals surface area contributed by atoms with Gasteiger partial charge in [0.1, 0.15) is 5.75 Å². The predicted molar refractivity (Wildman–Crippen MR) is 73.2 cm³/mol. The summed E-state index contributed by atoms with van der Waals surface area (Å²) in [4.78, 5) is 14.4. The molecular weight excluding hydrogens is 242 g/mol. The van der Waals surface area contributed by atoms with E-state index in [-0.39, 0.29) is 12.5 Å². The fourth-order valence-corrected chi connectivity index (χ4v) is 1.48. The molecule has 0 radical (unpaired) electrons. The number of benzene rings is 1. The monoisotopic (exact) mass is 257 g/mol. The first-order valence-corrected chi connectivity index (χ1v) is 5.89. The van der Waals surface area contributed by atoms with Crippen LogP contribution in [0.1, 0.15) is 11.3 Å². The zero-order valence-electron chi connectivity index (χ0n) is 10.6. The average molecular weight is 257 g/mol. The number of hydrazone groups is 1. The Morgan fingerprint density at radius 3 is 3.05 bits per heavy atom. The molecule has 1 amide bonds. The third-order valence-corrected chi connectivity index (χ3v) is 2.37. The maximum atomic E-state index is 11.5. The summed E-state index contributed by atoms with van der Waals surface area (Å²) in [5, 5.41) is 3.81. The van der Waals surface area contributed by atoms with Crippen molar-refractivity contribution in [2.24, 2.45) is 5.10 Å². The van der Waals surface area contributed by atoms with Gasteiger partial charge in [-0.1, -0.05) is 12.1 Å². The van der Waals surface area contributed by atoms with E-state index in [0.717, 1.165) is 11.3 Å². The number of H-pyrrole nitrogens is 1. The molecule has 0 aliphatic heterocycles. The number of ether oxygens (including phenoxy) is 1. The summed E-state index contributed by atoms with van der Waals surface area (Å²) >= 11 is 0. The molecule has 0 unspecified atom stereocenters. The topological polar surface area (TPSA) is 66.5 Å². The van der Waals surface area contributed by atoms with Crippen LogP contribution in [0.3, 0.4) is 0 Å². The van der Waals surface area contributed by atoms with Crippen LogP contribution in [0.15, 0.2) is 47.7 Å². The molecule has 0 spiro atoms. The van der Waals surface area contributed by atoms with Crippen molar-refractivity contribution >= 4 is 12.1 Å². The van der Waals surface area contributed by atoms with Crippen molar-refractivity contribution in [3.63, 3.8) is 0 Å². The minimum Gasteiger partial charge on any atom is -0.484 e. The number of rotatable bonds is 5. The number of aryl methyl sites for hydroxylation is 1. The van der Waals surface area contributed by atoms with E-state index < -0.39 is 0 Å². The fourth-order valence-electron chi connectivity index (χ4n) is 1.48. The number of carbonyl (C=O) groups is 1. The van der Waals surface area contributed by atoms with Gasteiger partial charge in [-0.2, -0.15) is 5.10 Å². The number of hydrogen-bond donors (Lipinski definition) is 2. The molecule has 1 aromatic carbocycles. The summed E-state index contributed by atoms with van der Waals surface area (Å²) in [5.74, 6) is 0.368. The number of aromatic amines is 1. The summed E-state index contributed by atoms with van der Waals surface area (Å²) in [6, 6.07) is 11.2. The van der Waals surface area contributed by atoms with Gasteiger partial charge >= 0.3 is 0 Å². The van der Waals surface area contributed by atoms with Crippen LogP contribution in [0.2, 0.25) is 0 Å². The Bertz CT molecular complexity index is 562. The lowest BCUT2D eigenvalue weighted by Gasteiger charge is -2.05. The number of amides is 1. The molecule has 5 heteroatoms. The highest BCUT2D eigenvalue weighted by molar-refractivity contribution is 5.81. The summed E-state index contributed by atoms with van der Waals surface area (Å²) in [6.07, 6.45) is 3.31. The van der Waals surface area contributed by atoms with E-state index in [2.05, 4.69) is 15.5 Å². The van der Waals surface area contributed by atoms with Crippen LogP contribution in [-0.2, 0) is 4.79 Å². The standard InChI is InChI=1S/C14H15N3O2/c1-11-4-2-6-13(8-11)19-10-14(18)17-16-9-12-5-3-7-15-12/h2-9,15H,10H2,1H3,(H,17,18)/b16-9-. The lowest BCUT2D eigenvalue weighted by molar-refractivity contribution is -0.123. The number of nitrogens with zero attached hydrogens (tertiary/aromatic N) is 1. The van der Waals surface area contributed by atoms with Crippen molar-refractivity contribution in [2.45, 2.75) is 6.92 Å². The molecule has 0 aliphatic carbocycles. The summed E-state index contributed by atoms with van der Waals surface area (Å²) < 4.78 is 5.34. The Morgan fingerprint density at radius 2 is 2.32 bits per heavy atom. The van der Waals surface area contributed by atoms with E-state index in [1.54, 1.807) is 6.20 Å². The second kappa shape index (κ2) is 6.39. The zero-order valence-corrected chi connectivity index (χ0v) is 10.6. The van der Waals surface area contributed by atoms with Gasteiger partial charge in [-0.3, -0.25) is 4.79 Å². The van der Waals surface area contributed by atoms with Gasteiger partial charge in [0.05, 0.1) is 11.9 Å². The second-order valence-electron chi connectivity index (χ2n) is 4.02. The van der Waals surface area contributed by atoms with Gasteiger partial charge in [-0.05, 0) is 36.8 Å². The first-order valence-electron chi connectivity index (χ1n) is 5.89. The first-order chi connectivity index (χ1) is 9.24. The number of nitrogens with one attached hydrogen (secondary N) is 2. The minimum atomic E-state index is -0.302. The Labute approximate surface area is 111 Å². The van der Waals surface area contributed by atoms with Crippen LogP contribution in [-0.4, -0.2) is 23.7 Å². The maximum Gasteiger partial charge on any atom is 0.277 e. The lowest BCUT2D eigenvalue weighted by atomic mass is 10.2. The highest BCUT2D eigenvalue weighted by atomic mass is 16.5. The Kier molecular flexibility index (Phi) is 4.34. The van der Waals surface area contributed by atoms with Gasteiger partial charge in [-0.25, -0.2) is 5.43 Å². The van der Waals surface area contributed by atoms with Crippen molar-refractivity contribution in [2.75, 3.05) is 6.61 Å². The molecule has 0 saturated heterocycles. The van der Waals surface area contributed by atoms with Crippen molar-refractivity contribution in [1.82, 2.24) is 10.4 Å². The van der Waals surface area contributed by atoms with Crippen LogP contribution >= 0.6 is 0 Å². The Hall–Kier alpha value is -2.56. The Balaban J connectivity index is 1.76. The minimum absolute atomic E-state index is 0.0640. The molecule has 2 N–H and O–H groups in total. The third-order valence-electron chi connectivity index (χ3n) is 2.37. The normalized spacial score (nSPS) is 10.6. The first kappa shape index (κ1) is 12.9. The van der Waals surface area contributed by atoms with Gasteiger partial charge in [0.25, 0.3) is 5.91 Å². The maximum absolute atomic E-state index is 11.5. The Morgan fingerprint density at radius 1 is 1.42 bits per heavy atom.